The Bertz CT molecular complexity index is 623. The van der Waals surface area contributed by atoms with E-state index in [0.29, 0.717) is 0 Å². The summed E-state index contributed by atoms with van der Waals surface area (Å²) >= 11 is 0. The van der Waals surface area contributed by atoms with E-state index in [2.05, 4.69) is 22.2 Å². The van der Waals surface area contributed by atoms with Gasteiger partial charge in [-0.05, 0) is 17.5 Å². The van der Waals surface area contributed by atoms with E-state index < -0.39 is 0 Å². The third-order valence-electron chi connectivity index (χ3n) is 2.91. The molecular formula is C18H12N2. The second kappa shape index (κ2) is 5.93. The van der Waals surface area contributed by atoms with Gasteiger partial charge in [0.2, 0.25) is 0 Å². The minimum absolute atomic E-state index is 0.935. The molecule has 2 radical (unpaired) electrons. The molecule has 0 spiro atoms. The Kier molecular flexibility index (Phi) is 3.65. The van der Waals surface area contributed by atoms with Gasteiger partial charge in [-0.1, -0.05) is 48.5 Å². The van der Waals surface area contributed by atoms with Crippen LogP contribution in [0.5, 0.6) is 0 Å². The fourth-order valence-electron chi connectivity index (χ4n) is 1.92. The molecule has 0 aliphatic rings. The number of pyridine rings is 2. The molecule has 20 heavy (non-hydrogen) atoms. The molecule has 0 saturated carbocycles. The number of benzene rings is 2. The third kappa shape index (κ3) is 2.81. The Balaban J connectivity index is 0.000000121. The molecule has 0 aliphatic heterocycles. The highest BCUT2D eigenvalue weighted by molar-refractivity contribution is 5.80. The van der Waals surface area contributed by atoms with Crippen molar-refractivity contribution in [1.82, 2.24) is 9.97 Å². The van der Waals surface area contributed by atoms with Gasteiger partial charge in [0.05, 0.1) is 11.7 Å². The Morgan fingerprint density at radius 1 is 0.750 bits per heavy atom. The van der Waals surface area contributed by atoms with E-state index in [-0.39, 0.29) is 0 Å². The van der Waals surface area contributed by atoms with Crippen LogP contribution in [0.15, 0.2) is 73.1 Å². The van der Waals surface area contributed by atoms with Crippen LogP contribution in [-0.2, 0) is 0 Å². The zero-order valence-corrected chi connectivity index (χ0v) is 10.8. The maximum Gasteiger partial charge on any atom is 0.0970 e. The summed E-state index contributed by atoms with van der Waals surface area (Å²) in [6.07, 6.45) is 6.43. The number of nitrogens with zero attached hydrogens (tertiary/aromatic N) is 2. The summed E-state index contributed by atoms with van der Waals surface area (Å²) in [7, 11) is 0. The molecule has 0 unspecified atom stereocenters. The second-order valence-corrected chi connectivity index (χ2v) is 4.26. The van der Waals surface area contributed by atoms with E-state index in [1.165, 1.54) is 5.39 Å². The predicted molar refractivity (Wildman–Crippen MR) is 81.2 cm³/mol. The van der Waals surface area contributed by atoms with Crippen LogP contribution < -0.4 is 0 Å². The molecule has 0 bridgehead atoms. The fraction of sp³-hybridized carbons (Fsp3) is 0. The molecule has 0 N–H and O–H groups in total. The van der Waals surface area contributed by atoms with Crippen molar-refractivity contribution in [2.24, 2.45) is 0 Å². The molecule has 4 aromatic rings. The van der Waals surface area contributed by atoms with Crippen LogP contribution in [-0.4, -0.2) is 9.97 Å². The Hall–Kier alpha value is -2.74. The lowest BCUT2D eigenvalue weighted by atomic mass is 10.2. The highest BCUT2D eigenvalue weighted by atomic mass is 14.6. The van der Waals surface area contributed by atoms with Crippen molar-refractivity contribution in [1.29, 1.82) is 0 Å². The van der Waals surface area contributed by atoms with Crippen molar-refractivity contribution in [2.75, 3.05) is 0 Å². The first kappa shape index (κ1) is 12.3. The van der Waals surface area contributed by atoms with E-state index in [4.69, 9.17) is 0 Å². The van der Waals surface area contributed by atoms with Gasteiger partial charge in [-0.15, -0.1) is 0 Å². The highest BCUT2D eigenvalue weighted by Gasteiger charge is 1.88. The van der Waals surface area contributed by atoms with E-state index in [0.717, 1.165) is 16.3 Å². The predicted octanol–water partition coefficient (Wildman–Crippen LogP) is 4.07. The van der Waals surface area contributed by atoms with Crippen LogP contribution >= 0.6 is 0 Å². The number of fused-ring (bicyclic) bond motifs is 2. The first-order valence-corrected chi connectivity index (χ1v) is 6.36. The lowest BCUT2D eigenvalue weighted by Crippen LogP contribution is -1.74. The number of hydrogen-bond acceptors (Lipinski definition) is 2. The van der Waals surface area contributed by atoms with E-state index in [1.54, 1.807) is 12.4 Å². The number of rotatable bonds is 0. The van der Waals surface area contributed by atoms with Crippen LogP contribution in [0.3, 0.4) is 0 Å². The smallest absolute Gasteiger partial charge is 0.0970 e. The summed E-state index contributed by atoms with van der Waals surface area (Å²) in [6, 6.07) is 22.9. The number of hydrogen-bond donors (Lipinski definition) is 0. The summed E-state index contributed by atoms with van der Waals surface area (Å²) in [5.41, 5.74) is 0.935. The molecule has 2 nitrogen and oxygen atoms in total. The zero-order valence-electron chi connectivity index (χ0n) is 10.8. The van der Waals surface area contributed by atoms with Gasteiger partial charge in [0.1, 0.15) is 0 Å². The average molecular weight is 256 g/mol. The first-order valence-electron chi connectivity index (χ1n) is 6.36. The van der Waals surface area contributed by atoms with Crippen LogP contribution in [0.1, 0.15) is 0 Å². The topological polar surface area (TPSA) is 25.8 Å². The summed E-state index contributed by atoms with van der Waals surface area (Å²) in [5.74, 6) is 0. The molecule has 2 heteroatoms. The Morgan fingerprint density at radius 3 is 2.50 bits per heavy atom. The lowest BCUT2D eigenvalue weighted by Gasteiger charge is -1.91. The summed E-state index contributed by atoms with van der Waals surface area (Å²) in [4.78, 5) is 8.01. The minimum atomic E-state index is 0.935. The molecule has 4 rings (SSSR count). The first-order chi connectivity index (χ1) is 9.93. The van der Waals surface area contributed by atoms with Crippen molar-refractivity contribution in [3.63, 3.8) is 0 Å². The minimum Gasteiger partial charge on any atom is -0.256 e. The molecule has 2 aromatic heterocycles. The SMILES string of the molecule is [c]1cccc2cccnc12.[c]1nccc2ccccc12. The van der Waals surface area contributed by atoms with Gasteiger partial charge >= 0.3 is 0 Å². The standard InChI is InChI=1S/2C9H6N/c1-2-6-9-8(4-1)5-3-7-10-9;1-2-4-9-7-10-6-5-8(9)3-1/h1-5,7H;1-6H. The molecule has 94 valence electrons. The molecule has 2 aromatic carbocycles. The Morgan fingerprint density at radius 2 is 1.60 bits per heavy atom. The molecule has 0 saturated heterocycles. The van der Waals surface area contributed by atoms with Crippen molar-refractivity contribution < 1.29 is 0 Å². The lowest BCUT2D eigenvalue weighted by molar-refractivity contribution is 1.35. The molecule has 0 atom stereocenters. The van der Waals surface area contributed by atoms with Gasteiger partial charge in [0.15, 0.2) is 0 Å². The largest absolute Gasteiger partial charge is 0.256 e. The molecule has 0 amide bonds. The van der Waals surface area contributed by atoms with Crippen molar-refractivity contribution in [3.8, 4) is 0 Å². The van der Waals surface area contributed by atoms with E-state index >= 15 is 0 Å². The normalized spacial score (nSPS) is 10.0. The summed E-state index contributed by atoms with van der Waals surface area (Å²) in [6.45, 7) is 0. The highest BCUT2D eigenvalue weighted by Crippen LogP contribution is 2.09. The maximum absolute atomic E-state index is 4.13. The quantitative estimate of drug-likeness (QED) is 0.474. The van der Waals surface area contributed by atoms with Crippen LogP contribution in [0.25, 0.3) is 21.7 Å². The van der Waals surface area contributed by atoms with E-state index in [9.17, 15) is 0 Å². The van der Waals surface area contributed by atoms with Gasteiger partial charge in [-0.25, -0.2) is 0 Å². The second-order valence-electron chi connectivity index (χ2n) is 4.26. The molecule has 2 heterocycles. The Labute approximate surface area is 117 Å². The monoisotopic (exact) mass is 256 g/mol. The molecule has 0 aliphatic carbocycles. The van der Waals surface area contributed by atoms with Crippen LogP contribution in [0.4, 0.5) is 0 Å². The number of aromatic nitrogens is 2. The van der Waals surface area contributed by atoms with Crippen LogP contribution in [0, 0.1) is 12.3 Å². The number of para-hydroxylation sites is 1. The van der Waals surface area contributed by atoms with Crippen LogP contribution in [0.2, 0.25) is 0 Å². The van der Waals surface area contributed by atoms with E-state index in [1.807, 2.05) is 60.7 Å². The summed E-state index contributed by atoms with van der Waals surface area (Å²) < 4.78 is 0. The average Bonchev–Trinajstić information content (AvgIpc) is 2.56. The van der Waals surface area contributed by atoms with Gasteiger partial charge in [0, 0.05) is 29.2 Å². The summed E-state index contributed by atoms with van der Waals surface area (Å²) in [5, 5.41) is 3.41. The van der Waals surface area contributed by atoms with Crippen molar-refractivity contribution >= 4 is 21.7 Å². The fourth-order valence-corrected chi connectivity index (χ4v) is 1.92. The van der Waals surface area contributed by atoms with Crippen molar-refractivity contribution in [2.45, 2.75) is 0 Å². The maximum atomic E-state index is 4.13. The van der Waals surface area contributed by atoms with Gasteiger partial charge < -0.3 is 0 Å². The van der Waals surface area contributed by atoms with Crippen molar-refractivity contribution in [3.05, 3.63) is 85.3 Å². The molecular weight excluding hydrogens is 244 g/mol. The third-order valence-corrected chi connectivity index (χ3v) is 2.91. The molecule has 0 fully saturated rings. The van der Waals surface area contributed by atoms with Gasteiger partial charge in [-0.2, -0.15) is 0 Å². The van der Waals surface area contributed by atoms with Gasteiger partial charge in [0.25, 0.3) is 0 Å². The zero-order chi connectivity index (χ0) is 13.6. The van der Waals surface area contributed by atoms with Gasteiger partial charge in [-0.3, -0.25) is 9.97 Å².